The fraction of sp³-hybridized carbons (Fsp3) is 0.588. The summed E-state index contributed by atoms with van der Waals surface area (Å²) in [6.45, 7) is 0. The van der Waals surface area contributed by atoms with Crippen molar-refractivity contribution in [1.82, 2.24) is 4.90 Å². The van der Waals surface area contributed by atoms with E-state index in [0.29, 0.717) is 12.1 Å². The SMILES string of the molecule is COC(C(=O)OC1C[C@H]2CC[C@@H](C1)N2C)c1ccccc1. The van der Waals surface area contributed by atoms with Gasteiger partial charge in [0.1, 0.15) is 6.10 Å². The van der Waals surface area contributed by atoms with Crippen LogP contribution in [-0.2, 0) is 14.3 Å². The van der Waals surface area contributed by atoms with Gasteiger partial charge in [-0.3, -0.25) is 0 Å². The molecule has 4 atom stereocenters. The van der Waals surface area contributed by atoms with E-state index in [1.807, 2.05) is 30.3 Å². The summed E-state index contributed by atoms with van der Waals surface area (Å²) < 4.78 is 11.1. The highest BCUT2D eigenvalue weighted by Gasteiger charge is 2.40. The maximum Gasteiger partial charge on any atom is 0.340 e. The van der Waals surface area contributed by atoms with Crippen molar-refractivity contribution in [3.05, 3.63) is 35.9 Å². The average molecular weight is 289 g/mol. The highest BCUT2D eigenvalue weighted by Crippen LogP contribution is 2.36. The summed E-state index contributed by atoms with van der Waals surface area (Å²) in [6.07, 6.45) is 3.76. The van der Waals surface area contributed by atoms with Crippen molar-refractivity contribution >= 4 is 5.97 Å². The summed E-state index contributed by atoms with van der Waals surface area (Å²) in [5.74, 6) is -0.266. The molecule has 0 aliphatic carbocycles. The maximum atomic E-state index is 12.4. The number of piperidine rings is 1. The van der Waals surface area contributed by atoms with Crippen LogP contribution in [0.5, 0.6) is 0 Å². The van der Waals surface area contributed by atoms with Crippen molar-refractivity contribution in [3.8, 4) is 0 Å². The molecule has 4 heteroatoms. The molecule has 0 aromatic heterocycles. The van der Waals surface area contributed by atoms with Crippen molar-refractivity contribution in [2.24, 2.45) is 0 Å². The molecule has 2 aliphatic rings. The monoisotopic (exact) mass is 289 g/mol. The number of hydrogen-bond donors (Lipinski definition) is 0. The van der Waals surface area contributed by atoms with E-state index in [1.54, 1.807) is 7.11 Å². The molecule has 0 radical (unpaired) electrons. The molecule has 2 bridgehead atoms. The Morgan fingerprint density at radius 2 is 1.81 bits per heavy atom. The Bertz CT molecular complexity index is 476. The van der Waals surface area contributed by atoms with E-state index < -0.39 is 6.10 Å². The van der Waals surface area contributed by atoms with Crippen LogP contribution in [0.2, 0.25) is 0 Å². The van der Waals surface area contributed by atoms with Crippen LogP contribution in [0.4, 0.5) is 0 Å². The Morgan fingerprint density at radius 1 is 1.19 bits per heavy atom. The molecule has 4 nitrogen and oxygen atoms in total. The van der Waals surface area contributed by atoms with Gasteiger partial charge >= 0.3 is 5.97 Å². The minimum atomic E-state index is -0.622. The minimum Gasteiger partial charge on any atom is -0.460 e. The molecular formula is C17H23NO3. The summed E-state index contributed by atoms with van der Waals surface area (Å²) in [6, 6.07) is 10.7. The maximum absolute atomic E-state index is 12.4. The number of methoxy groups -OCH3 is 1. The second-order valence-corrected chi connectivity index (χ2v) is 6.11. The van der Waals surface area contributed by atoms with Gasteiger partial charge in [-0.05, 0) is 38.3 Å². The Hall–Kier alpha value is -1.39. The molecule has 1 aromatic rings. The first-order valence-corrected chi connectivity index (χ1v) is 7.69. The Labute approximate surface area is 126 Å². The Morgan fingerprint density at radius 3 is 2.38 bits per heavy atom. The molecule has 0 spiro atoms. The van der Waals surface area contributed by atoms with E-state index in [0.717, 1.165) is 18.4 Å². The first-order chi connectivity index (χ1) is 10.2. The van der Waals surface area contributed by atoms with Gasteiger partial charge in [0.2, 0.25) is 0 Å². The molecule has 21 heavy (non-hydrogen) atoms. The third-order valence-electron chi connectivity index (χ3n) is 4.89. The molecule has 2 unspecified atom stereocenters. The number of carbonyl (C=O) groups is 1. The van der Waals surface area contributed by atoms with Gasteiger partial charge in [-0.1, -0.05) is 30.3 Å². The molecule has 3 rings (SSSR count). The van der Waals surface area contributed by atoms with E-state index in [-0.39, 0.29) is 12.1 Å². The molecule has 2 fully saturated rings. The number of hydrogen-bond acceptors (Lipinski definition) is 4. The largest absolute Gasteiger partial charge is 0.460 e. The highest BCUT2D eigenvalue weighted by molar-refractivity contribution is 5.76. The van der Waals surface area contributed by atoms with Gasteiger partial charge in [0.15, 0.2) is 6.10 Å². The van der Waals surface area contributed by atoms with Gasteiger partial charge < -0.3 is 14.4 Å². The van der Waals surface area contributed by atoms with Gasteiger partial charge in [-0.15, -0.1) is 0 Å². The van der Waals surface area contributed by atoms with Gasteiger partial charge in [0, 0.05) is 19.2 Å². The van der Waals surface area contributed by atoms with E-state index in [9.17, 15) is 4.79 Å². The lowest BCUT2D eigenvalue weighted by molar-refractivity contribution is -0.164. The van der Waals surface area contributed by atoms with Crippen LogP contribution in [0, 0.1) is 0 Å². The minimum absolute atomic E-state index is 0.0348. The Kier molecular flexibility index (Phi) is 4.27. The topological polar surface area (TPSA) is 38.8 Å². The van der Waals surface area contributed by atoms with E-state index >= 15 is 0 Å². The molecule has 0 N–H and O–H groups in total. The molecule has 1 aromatic carbocycles. The van der Waals surface area contributed by atoms with Gasteiger partial charge in [-0.2, -0.15) is 0 Å². The van der Waals surface area contributed by atoms with Crippen molar-refractivity contribution in [2.45, 2.75) is 50.0 Å². The van der Waals surface area contributed by atoms with Gasteiger partial charge in [-0.25, -0.2) is 4.79 Å². The second kappa shape index (κ2) is 6.16. The van der Waals surface area contributed by atoms with Crippen LogP contribution in [0.3, 0.4) is 0 Å². The van der Waals surface area contributed by atoms with Crippen LogP contribution in [0.1, 0.15) is 37.4 Å². The molecule has 0 amide bonds. The first-order valence-electron chi connectivity index (χ1n) is 7.69. The lowest BCUT2D eigenvalue weighted by Gasteiger charge is -2.36. The normalized spacial score (nSPS) is 30.1. The number of fused-ring (bicyclic) bond motifs is 2. The number of rotatable bonds is 4. The number of esters is 1. The summed E-state index contributed by atoms with van der Waals surface area (Å²) in [7, 11) is 3.74. The fourth-order valence-corrected chi connectivity index (χ4v) is 3.68. The van der Waals surface area contributed by atoms with Crippen molar-refractivity contribution in [2.75, 3.05) is 14.2 Å². The van der Waals surface area contributed by atoms with Crippen LogP contribution >= 0.6 is 0 Å². The smallest absolute Gasteiger partial charge is 0.340 e. The van der Waals surface area contributed by atoms with Gasteiger partial charge in [0.25, 0.3) is 0 Å². The zero-order valence-electron chi connectivity index (χ0n) is 12.7. The van der Waals surface area contributed by atoms with E-state index in [4.69, 9.17) is 9.47 Å². The third kappa shape index (κ3) is 2.97. The zero-order chi connectivity index (χ0) is 14.8. The van der Waals surface area contributed by atoms with Crippen molar-refractivity contribution in [3.63, 3.8) is 0 Å². The highest BCUT2D eigenvalue weighted by atomic mass is 16.6. The van der Waals surface area contributed by atoms with Crippen LogP contribution in [-0.4, -0.2) is 43.2 Å². The second-order valence-electron chi connectivity index (χ2n) is 6.11. The molecule has 2 saturated heterocycles. The van der Waals surface area contributed by atoms with Crippen molar-refractivity contribution in [1.29, 1.82) is 0 Å². The fourth-order valence-electron chi connectivity index (χ4n) is 3.68. The Balaban J connectivity index is 1.63. The summed E-state index contributed by atoms with van der Waals surface area (Å²) >= 11 is 0. The van der Waals surface area contributed by atoms with Crippen LogP contribution < -0.4 is 0 Å². The number of carbonyl (C=O) groups excluding carboxylic acids is 1. The molecule has 0 saturated carbocycles. The standard InChI is InChI=1S/C17H23NO3/c1-18-13-8-9-14(18)11-15(10-13)21-17(19)16(20-2)12-6-4-3-5-7-12/h3-7,13-16H,8-11H2,1-2H3/t13-,14+,15?,16?. The summed E-state index contributed by atoms with van der Waals surface area (Å²) in [5, 5.41) is 0. The summed E-state index contributed by atoms with van der Waals surface area (Å²) in [4.78, 5) is 14.8. The van der Waals surface area contributed by atoms with Crippen LogP contribution in [0.15, 0.2) is 30.3 Å². The van der Waals surface area contributed by atoms with E-state index in [2.05, 4.69) is 11.9 Å². The first kappa shape index (κ1) is 14.5. The lowest BCUT2D eigenvalue weighted by atomic mass is 10.0. The molecule has 2 heterocycles. The predicted molar refractivity (Wildman–Crippen MR) is 79.9 cm³/mol. The molecule has 114 valence electrons. The number of benzene rings is 1. The molecule has 2 aliphatic heterocycles. The number of nitrogens with zero attached hydrogens (tertiary/aromatic N) is 1. The van der Waals surface area contributed by atoms with Crippen molar-refractivity contribution < 1.29 is 14.3 Å². The lowest BCUT2D eigenvalue weighted by Crippen LogP contribution is -2.43. The van der Waals surface area contributed by atoms with E-state index in [1.165, 1.54) is 12.8 Å². The van der Waals surface area contributed by atoms with Gasteiger partial charge in [0.05, 0.1) is 0 Å². The van der Waals surface area contributed by atoms with Crippen LogP contribution in [0.25, 0.3) is 0 Å². The zero-order valence-corrected chi connectivity index (χ0v) is 12.7. The average Bonchev–Trinajstić information content (AvgIpc) is 2.72. The quantitative estimate of drug-likeness (QED) is 0.799. The number of ether oxygens (including phenoxy) is 2. The summed E-state index contributed by atoms with van der Waals surface area (Å²) in [5.41, 5.74) is 0.848. The third-order valence-corrected chi connectivity index (χ3v) is 4.89. The predicted octanol–water partition coefficient (Wildman–Crippen LogP) is 2.54. The molecular weight excluding hydrogens is 266 g/mol.